The molecule has 176 valence electrons. The first-order valence-electron chi connectivity index (χ1n) is 12.3. The fraction of sp³-hybridized carbons (Fsp3) is 0.407. The first-order chi connectivity index (χ1) is 16.7. The molecule has 3 aliphatic heterocycles. The Balaban J connectivity index is 1.30. The fourth-order valence-electron chi connectivity index (χ4n) is 5.90. The van der Waals surface area contributed by atoms with Gasteiger partial charge in [-0.05, 0) is 42.4 Å². The summed E-state index contributed by atoms with van der Waals surface area (Å²) in [5.41, 5.74) is 5.13. The molecule has 3 atom stereocenters. The van der Waals surface area contributed by atoms with Crippen molar-refractivity contribution in [1.82, 2.24) is 20.5 Å². The topological polar surface area (TPSA) is 81.8 Å². The average molecular weight is 458 g/mol. The number of likely N-dealkylation sites (tertiary alicyclic amines) is 1. The van der Waals surface area contributed by atoms with Crippen LogP contribution >= 0.6 is 0 Å². The number of ether oxygens (including phenoxy) is 1. The van der Waals surface area contributed by atoms with Gasteiger partial charge in [0.1, 0.15) is 5.84 Å². The molecule has 7 nitrogen and oxygen atoms in total. The molecule has 34 heavy (non-hydrogen) atoms. The number of aromatic nitrogens is 1. The van der Waals surface area contributed by atoms with Gasteiger partial charge in [0.05, 0.1) is 25.2 Å². The number of nitrogens with one attached hydrogen (secondary N) is 3. The molecule has 0 aliphatic carbocycles. The van der Waals surface area contributed by atoms with Crippen LogP contribution in [0.25, 0.3) is 10.9 Å². The first kappa shape index (κ1) is 21.2. The van der Waals surface area contributed by atoms with E-state index in [4.69, 9.17) is 9.73 Å². The van der Waals surface area contributed by atoms with Crippen LogP contribution in [0.2, 0.25) is 0 Å². The maximum atomic E-state index is 12.0. The first-order valence-corrected chi connectivity index (χ1v) is 12.3. The predicted octanol–water partition coefficient (Wildman–Crippen LogP) is 3.94. The third kappa shape index (κ3) is 3.74. The van der Waals surface area contributed by atoms with Gasteiger partial charge in [0.15, 0.2) is 0 Å². The van der Waals surface area contributed by atoms with Gasteiger partial charge in [0.25, 0.3) is 0 Å². The van der Waals surface area contributed by atoms with Crippen LogP contribution in [-0.4, -0.2) is 54.6 Å². The number of carbonyl (C=O) groups excluding carboxylic acids is 1. The Labute approximate surface area is 199 Å². The molecule has 3 aliphatic rings. The number of amides is 1. The lowest BCUT2D eigenvalue weighted by atomic mass is 9.82. The summed E-state index contributed by atoms with van der Waals surface area (Å²) in [6.07, 6.45) is 2.57. The third-order valence-corrected chi connectivity index (χ3v) is 7.68. The molecule has 2 aromatic carbocycles. The Morgan fingerprint density at radius 3 is 2.62 bits per heavy atom. The van der Waals surface area contributed by atoms with E-state index in [0.717, 1.165) is 44.7 Å². The molecule has 3 aromatic rings. The number of H-pyrrole nitrogens is 1. The number of piperidine rings is 1. The molecule has 4 heterocycles. The third-order valence-electron chi connectivity index (χ3n) is 7.68. The Hall–Kier alpha value is -3.32. The highest BCUT2D eigenvalue weighted by atomic mass is 16.5. The molecule has 1 aromatic heterocycles. The van der Waals surface area contributed by atoms with Crippen molar-refractivity contribution in [2.75, 3.05) is 26.7 Å². The molecule has 1 amide bonds. The molecule has 2 unspecified atom stereocenters. The zero-order valence-corrected chi connectivity index (χ0v) is 19.5. The van der Waals surface area contributed by atoms with Crippen molar-refractivity contribution in [1.29, 1.82) is 0 Å². The van der Waals surface area contributed by atoms with Crippen molar-refractivity contribution in [3.63, 3.8) is 0 Å². The molecular weight excluding hydrogens is 426 g/mol. The summed E-state index contributed by atoms with van der Waals surface area (Å²) >= 11 is 0. The van der Waals surface area contributed by atoms with E-state index >= 15 is 0 Å². The minimum atomic E-state index is -0.226. The van der Waals surface area contributed by atoms with Gasteiger partial charge in [0, 0.05) is 36.2 Å². The highest BCUT2D eigenvalue weighted by Gasteiger charge is 2.39. The molecular formula is C27H31N5O2. The average Bonchev–Trinajstić information content (AvgIpc) is 3.54. The highest BCUT2D eigenvalue weighted by molar-refractivity contribution is 5.92. The maximum absolute atomic E-state index is 12.0. The van der Waals surface area contributed by atoms with Gasteiger partial charge in [-0.15, -0.1) is 0 Å². The van der Waals surface area contributed by atoms with Gasteiger partial charge < -0.3 is 19.9 Å². The minimum absolute atomic E-state index is 0.143. The summed E-state index contributed by atoms with van der Waals surface area (Å²) in [4.78, 5) is 22.6. The standard InChI is InChI=1S/C27H31N5O2/c1-34-27(33)32-13-11-18(12-14-32)24-25-20(19-9-5-6-10-21(19)29-25)15-22(30-24)26-28-16-23(31-26)17-7-3-2-4-8-17/h2-10,18,22-24,29-30H,11-16H2,1H3,(H,28,31)/t22-,23?,24?/m1/s1. The number of rotatable bonds is 3. The van der Waals surface area contributed by atoms with E-state index in [2.05, 4.69) is 64.1 Å². The van der Waals surface area contributed by atoms with Crippen molar-refractivity contribution < 1.29 is 9.53 Å². The number of methoxy groups -OCH3 is 1. The Bertz CT molecular complexity index is 1210. The van der Waals surface area contributed by atoms with Crippen molar-refractivity contribution in [3.8, 4) is 0 Å². The number of hydrogen-bond acceptors (Lipinski definition) is 5. The monoisotopic (exact) mass is 457 g/mol. The number of aliphatic imine (C=N–C) groups is 1. The van der Waals surface area contributed by atoms with Crippen LogP contribution in [0.5, 0.6) is 0 Å². The second-order valence-corrected chi connectivity index (χ2v) is 9.58. The maximum Gasteiger partial charge on any atom is 0.409 e. The number of benzene rings is 2. The number of amidine groups is 1. The van der Waals surface area contributed by atoms with Gasteiger partial charge in [0.2, 0.25) is 0 Å². The van der Waals surface area contributed by atoms with Crippen molar-refractivity contribution in [2.24, 2.45) is 10.9 Å². The van der Waals surface area contributed by atoms with Crippen molar-refractivity contribution in [3.05, 3.63) is 71.4 Å². The van der Waals surface area contributed by atoms with Crippen LogP contribution in [0.3, 0.4) is 0 Å². The zero-order valence-electron chi connectivity index (χ0n) is 19.5. The second kappa shape index (κ2) is 8.80. The molecule has 0 saturated carbocycles. The summed E-state index contributed by atoms with van der Waals surface area (Å²) in [7, 11) is 1.45. The Morgan fingerprint density at radius 1 is 1.06 bits per heavy atom. The molecule has 0 radical (unpaired) electrons. The lowest BCUT2D eigenvalue weighted by Crippen LogP contribution is -2.51. The number of aromatic amines is 1. The van der Waals surface area contributed by atoms with E-state index < -0.39 is 0 Å². The number of para-hydroxylation sites is 1. The van der Waals surface area contributed by atoms with E-state index in [1.165, 1.54) is 34.8 Å². The summed E-state index contributed by atoms with van der Waals surface area (Å²) < 4.78 is 4.94. The second-order valence-electron chi connectivity index (χ2n) is 9.58. The molecule has 0 bridgehead atoms. The van der Waals surface area contributed by atoms with Gasteiger partial charge in [-0.2, -0.15) is 0 Å². The van der Waals surface area contributed by atoms with Crippen molar-refractivity contribution >= 4 is 22.8 Å². The van der Waals surface area contributed by atoms with Crippen LogP contribution in [-0.2, 0) is 11.2 Å². The van der Waals surface area contributed by atoms with Crippen LogP contribution in [0.1, 0.15) is 41.7 Å². The number of fused-ring (bicyclic) bond motifs is 3. The summed E-state index contributed by atoms with van der Waals surface area (Å²) in [5, 5.41) is 8.86. The van der Waals surface area contributed by atoms with Crippen LogP contribution in [0.15, 0.2) is 59.6 Å². The smallest absolute Gasteiger partial charge is 0.409 e. The minimum Gasteiger partial charge on any atom is -0.453 e. The summed E-state index contributed by atoms with van der Waals surface area (Å²) in [6.45, 7) is 2.29. The van der Waals surface area contributed by atoms with E-state index in [0.29, 0.717) is 5.92 Å². The highest BCUT2D eigenvalue weighted by Crippen LogP contribution is 2.39. The van der Waals surface area contributed by atoms with Crippen molar-refractivity contribution in [2.45, 2.75) is 37.4 Å². The molecule has 7 heteroatoms. The quantitative estimate of drug-likeness (QED) is 0.556. The summed E-state index contributed by atoms with van der Waals surface area (Å²) in [5.74, 6) is 1.49. The summed E-state index contributed by atoms with van der Waals surface area (Å²) in [6, 6.07) is 19.6. The number of carbonyl (C=O) groups is 1. The van der Waals surface area contributed by atoms with Crippen LogP contribution < -0.4 is 10.6 Å². The van der Waals surface area contributed by atoms with Crippen LogP contribution in [0.4, 0.5) is 4.79 Å². The molecule has 0 spiro atoms. The lowest BCUT2D eigenvalue weighted by Gasteiger charge is -2.40. The molecule has 3 N–H and O–H groups in total. The lowest BCUT2D eigenvalue weighted by molar-refractivity contribution is 0.0985. The van der Waals surface area contributed by atoms with E-state index in [1.807, 2.05) is 11.0 Å². The SMILES string of the molecule is COC(=O)N1CCC(C2N[C@@H](C3=NC(c4ccccc4)CN3)Cc3c2[nH]c2ccccc32)CC1. The molecule has 6 rings (SSSR count). The van der Waals surface area contributed by atoms with E-state index in [9.17, 15) is 4.79 Å². The Morgan fingerprint density at radius 2 is 1.82 bits per heavy atom. The van der Waals surface area contributed by atoms with Gasteiger partial charge >= 0.3 is 6.09 Å². The number of hydrogen-bond donors (Lipinski definition) is 3. The van der Waals surface area contributed by atoms with Gasteiger partial charge in [-0.1, -0.05) is 48.5 Å². The number of nitrogens with zero attached hydrogens (tertiary/aromatic N) is 2. The molecule has 1 saturated heterocycles. The van der Waals surface area contributed by atoms with Crippen LogP contribution in [0, 0.1) is 5.92 Å². The molecule has 1 fully saturated rings. The van der Waals surface area contributed by atoms with Gasteiger partial charge in [-0.3, -0.25) is 10.3 Å². The Kier molecular flexibility index (Phi) is 5.49. The fourth-order valence-corrected chi connectivity index (χ4v) is 5.90. The van der Waals surface area contributed by atoms with E-state index in [-0.39, 0.29) is 24.2 Å². The van der Waals surface area contributed by atoms with E-state index in [1.54, 1.807) is 0 Å². The normalized spacial score (nSPS) is 25.0. The largest absolute Gasteiger partial charge is 0.453 e. The zero-order chi connectivity index (χ0) is 23.1. The van der Waals surface area contributed by atoms with Gasteiger partial charge in [-0.25, -0.2) is 4.79 Å². The predicted molar refractivity (Wildman–Crippen MR) is 133 cm³/mol.